The van der Waals surface area contributed by atoms with Gasteiger partial charge in [0.25, 0.3) is 0 Å². The van der Waals surface area contributed by atoms with E-state index >= 15 is 0 Å². The van der Waals surface area contributed by atoms with E-state index in [1.54, 1.807) is 0 Å². The lowest BCUT2D eigenvalue weighted by atomic mass is 9.96. The molecule has 1 aromatic heterocycles. The Hall–Kier alpha value is -3.02. The summed E-state index contributed by atoms with van der Waals surface area (Å²) in [6.45, 7) is 0.979. The summed E-state index contributed by atoms with van der Waals surface area (Å²) in [5.41, 5.74) is 3.30. The van der Waals surface area contributed by atoms with E-state index in [9.17, 15) is 9.59 Å². The molecule has 1 amide bonds. The van der Waals surface area contributed by atoms with Crippen molar-refractivity contribution in [2.24, 2.45) is 5.92 Å². The maximum absolute atomic E-state index is 12.6. The molecule has 3 N–H and O–H groups in total. The molecule has 3 aromatic rings. The number of rotatable bonds is 3. The maximum atomic E-state index is 12.6. The fraction of sp³-hybridized carbons (Fsp3) is 0.263. The summed E-state index contributed by atoms with van der Waals surface area (Å²) in [6.07, 6.45) is 1.39. The normalized spacial score (nSPS) is 16.7. The number of aromatic nitrogens is 2. The average Bonchev–Trinajstić information content (AvgIpc) is 2.85. The van der Waals surface area contributed by atoms with Crippen LogP contribution in [0, 0.1) is 5.92 Å². The van der Waals surface area contributed by atoms with E-state index in [4.69, 9.17) is 4.74 Å². The number of hydrogen-bond acceptors (Lipinski definition) is 3. The molecule has 0 aliphatic carbocycles. The van der Waals surface area contributed by atoms with Crippen molar-refractivity contribution >= 4 is 16.9 Å². The summed E-state index contributed by atoms with van der Waals surface area (Å²) in [5, 5.41) is 3.00. The minimum Gasteiger partial charge on any atom is -0.493 e. The van der Waals surface area contributed by atoms with Crippen molar-refractivity contribution < 1.29 is 9.53 Å². The molecule has 6 heteroatoms. The van der Waals surface area contributed by atoms with Gasteiger partial charge in [-0.3, -0.25) is 4.79 Å². The highest BCUT2D eigenvalue weighted by molar-refractivity contribution is 5.79. The summed E-state index contributed by atoms with van der Waals surface area (Å²) in [6, 6.07) is 13.5. The average molecular weight is 337 g/mol. The van der Waals surface area contributed by atoms with Gasteiger partial charge in [0, 0.05) is 12.5 Å². The van der Waals surface area contributed by atoms with Gasteiger partial charge >= 0.3 is 5.69 Å². The van der Waals surface area contributed by atoms with Gasteiger partial charge in [-0.25, -0.2) is 4.79 Å². The van der Waals surface area contributed by atoms with Crippen LogP contribution in [0.4, 0.5) is 0 Å². The predicted octanol–water partition coefficient (Wildman–Crippen LogP) is 2.11. The van der Waals surface area contributed by atoms with Gasteiger partial charge in [-0.1, -0.05) is 24.3 Å². The number of imidazole rings is 1. The van der Waals surface area contributed by atoms with Gasteiger partial charge in [0.05, 0.1) is 17.6 Å². The molecule has 2 aromatic carbocycles. The van der Waals surface area contributed by atoms with Gasteiger partial charge in [-0.2, -0.15) is 0 Å². The van der Waals surface area contributed by atoms with Crippen LogP contribution in [0.5, 0.6) is 5.75 Å². The van der Waals surface area contributed by atoms with E-state index in [2.05, 4.69) is 15.3 Å². The van der Waals surface area contributed by atoms with E-state index in [1.807, 2.05) is 42.5 Å². The van der Waals surface area contributed by atoms with E-state index in [0.717, 1.165) is 27.9 Å². The highest BCUT2D eigenvalue weighted by atomic mass is 16.5. The molecule has 0 fully saturated rings. The lowest BCUT2D eigenvalue weighted by Gasteiger charge is -2.14. The van der Waals surface area contributed by atoms with Gasteiger partial charge in [0.1, 0.15) is 5.75 Å². The Morgan fingerprint density at radius 2 is 2.00 bits per heavy atom. The minimum absolute atomic E-state index is 0.0305. The number of carbonyl (C=O) groups excluding carboxylic acids is 1. The number of hydrogen-bond donors (Lipinski definition) is 3. The van der Waals surface area contributed by atoms with Gasteiger partial charge in [0.15, 0.2) is 0 Å². The predicted molar refractivity (Wildman–Crippen MR) is 94.5 cm³/mol. The first-order chi connectivity index (χ1) is 12.2. The summed E-state index contributed by atoms with van der Waals surface area (Å²) in [7, 11) is 0. The van der Waals surface area contributed by atoms with Gasteiger partial charge in [0.2, 0.25) is 5.91 Å². The highest BCUT2D eigenvalue weighted by Crippen LogP contribution is 2.26. The molecule has 0 saturated heterocycles. The molecule has 25 heavy (non-hydrogen) atoms. The van der Waals surface area contributed by atoms with Crippen LogP contribution >= 0.6 is 0 Å². The van der Waals surface area contributed by atoms with E-state index < -0.39 is 0 Å². The third-order valence-electron chi connectivity index (χ3n) is 4.58. The number of H-pyrrole nitrogens is 2. The Labute approximate surface area is 144 Å². The lowest BCUT2D eigenvalue weighted by Crippen LogP contribution is -2.31. The van der Waals surface area contributed by atoms with Crippen LogP contribution in [-0.2, 0) is 17.8 Å². The molecular formula is C19H19N3O3. The summed E-state index contributed by atoms with van der Waals surface area (Å²) < 4.78 is 5.72. The van der Waals surface area contributed by atoms with Gasteiger partial charge in [-0.05, 0) is 42.2 Å². The first-order valence-corrected chi connectivity index (χ1v) is 8.38. The van der Waals surface area contributed by atoms with Crippen molar-refractivity contribution in [3.63, 3.8) is 0 Å². The number of carbonyl (C=O) groups is 1. The van der Waals surface area contributed by atoms with Crippen LogP contribution in [0.2, 0.25) is 0 Å². The Morgan fingerprint density at radius 1 is 1.16 bits per heavy atom. The number of nitrogens with one attached hydrogen (secondary N) is 3. The molecule has 4 rings (SSSR count). The quantitative estimate of drug-likeness (QED) is 0.684. The second kappa shape index (κ2) is 6.47. The number of aromatic amines is 2. The van der Waals surface area contributed by atoms with Crippen molar-refractivity contribution in [1.29, 1.82) is 0 Å². The van der Waals surface area contributed by atoms with Crippen molar-refractivity contribution in [3.05, 3.63) is 64.1 Å². The molecule has 0 spiro atoms. The third-order valence-corrected chi connectivity index (χ3v) is 4.58. The highest BCUT2D eigenvalue weighted by Gasteiger charge is 2.23. The van der Waals surface area contributed by atoms with Crippen LogP contribution in [0.15, 0.2) is 47.3 Å². The van der Waals surface area contributed by atoms with E-state index in [0.29, 0.717) is 26.0 Å². The molecule has 6 nitrogen and oxygen atoms in total. The number of para-hydroxylation sites is 1. The van der Waals surface area contributed by atoms with Crippen LogP contribution in [0.1, 0.15) is 17.5 Å². The molecular weight excluding hydrogens is 318 g/mol. The zero-order valence-corrected chi connectivity index (χ0v) is 13.7. The number of amides is 1. The van der Waals surface area contributed by atoms with Gasteiger partial charge < -0.3 is 20.0 Å². The zero-order valence-electron chi connectivity index (χ0n) is 13.7. The maximum Gasteiger partial charge on any atom is 0.323 e. The monoisotopic (exact) mass is 337 g/mol. The molecule has 0 unspecified atom stereocenters. The Balaban J connectivity index is 1.43. The Kier molecular flexibility index (Phi) is 4.01. The molecule has 0 radical (unpaired) electrons. The van der Waals surface area contributed by atoms with E-state index in [-0.39, 0.29) is 17.5 Å². The number of fused-ring (bicyclic) bond motifs is 2. The summed E-state index contributed by atoms with van der Waals surface area (Å²) in [5.74, 6) is 0.807. The Bertz CT molecular complexity index is 973. The largest absolute Gasteiger partial charge is 0.493 e. The first-order valence-electron chi connectivity index (χ1n) is 8.38. The number of ether oxygens (including phenoxy) is 1. The van der Waals surface area contributed by atoms with Crippen LogP contribution < -0.4 is 15.7 Å². The fourth-order valence-corrected chi connectivity index (χ4v) is 3.24. The summed E-state index contributed by atoms with van der Waals surface area (Å²) in [4.78, 5) is 29.3. The van der Waals surface area contributed by atoms with Crippen molar-refractivity contribution in [2.45, 2.75) is 19.4 Å². The van der Waals surface area contributed by atoms with Crippen LogP contribution in [-0.4, -0.2) is 22.5 Å². The SMILES string of the molecule is O=C(NCc1ccc2[nH]c(=O)[nH]c2c1)[C@H]1CCOc2ccccc2C1. The topological polar surface area (TPSA) is 87.0 Å². The fourth-order valence-electron chi connectivity index (χ4n) is 3.24. The lowest BCUT2D eigenvalue weighted by molar-refractivity contribution is -0.125. The molecule has 1 aliphatic heterocycles. The Morgan fingerprint density at radius 3 is 2.92 bits per heavy atom. The molecule has 128 valence electrons. The number of benzene rings is 2. The van der Waals surface area contributed by atoms with E-state index in [1.165, 1.54) is 0 Å². The second-order valence-corrected chi connectivity index (χ2v) is 6.32. The molecule has 2 heterocycles. The molecule has 0 bridgehead atoms. The molecule has 1 atom stereocenters. The van der Waals surface area contributed by atoms with Crippen molar-refractivity contribution in [2.75, 3.05) is 6.61 Å². The summed E-state index contributed by atoms with van der Waals surface area (Å²) >= 11 is 0. The van der Waals surface area contributed by atoms with Crippen molar-refractivity contribution in [3.8, 4) is 5.75 Å². The standard InChI is InChI=1S/C19H19N3O3/c23-18(14-7-8-25-17-4-2-1-3-13(17)10-14)20-11-12-5-6-15-16(9-12)22-19(24)21-15/h1-6,9,14H,7-8,10-11H2,(H,20,23)(H2,21,22,24)/t14-/m0/s1. The minimum atomic E-state index is -0.228. The second-order valence-electron chi connectivity index (χ2n) is 6.32. The smallest absolute Gasteiger partial charge is 0.323 e. The first kappa shape index (κ1) is 15.5. The van der Waals surface area contributed by atoms with Crippen LogP contribution in [0.3, 0.4) is 0 Å². The van der Waals surface area contributed by atoms with Crippen molar-refractivity contribution in [1.82, 2.24) is 15.3 Å². The molecule has 0 saturated carbocycles. The third kappa shape index (κ3) is 3.28. The van der Waals surface area contributed by atoms with Gasteiger partial charge in [-0.15, -0.1) is 0 Å². The van der Waals surface area contributed by atoms with Crippen LogP contribution in [0.25, 0.3) is 11.0 Å². The zero-order chi connectivity index (χ0) is 17.2. The molecule has 1 aliphatic rings.